The number of nitrogens with one attached hydrogen (secondary N) is 1. The van der Waals surface area contributed by atoms with Crippen LogP contribution in [0.15, 0.2) is 0 Å². The molecule has 0 aromatic heterocycles. The van der Waals surface area contributed by atoms with E-state index in [0.29, 0.717) is 13.0 Å². The highest BCUT2D eigenvalue weighted by molar-refractivity contribution is 5.83. The predicted octanol–water partition coefficient (Wildman–Crippen LogP) is 0.812. The molecular formula is C12H20N2O4. The third-order valence-electron chi connectivity index (χ3n) is 3.67. The number of urea groups is 1. The maximum Gasteiger partial charge on any atom is 0.326 e. The first-order valence-electron chi connectivity index (χ1n) is 6.51. The van der Waals surface area contributed by atoms with E-state index in [-0.39, 0.29) is 18.2 Å². The fourth-order valence-electron chi connectivity index (χ4n) is 2.63. The summed E-state index contributed by atoms with van der Waals surface area (Å²) in [4.78, 5) is 24.4. The number of likely N-dealkylation sites (tertiary alicyclic amines) is 1. The fourth-order valence-corrected chi connectivity index (χ4v) is 2.63. The SMILES string of the molecule is CC(NC(=O)N1CCC[C@H]1C(=O)O)C1CCCO1. The lowest BCUT2D eigenvalue weighted by Gasteiger charge is -2.26. The van der Waals surface area contributed by atoms with Crippen molar-refractivity contribution in [2.45, 2.75) is 50.8 Å². The van der Waals surface area contributed by atoms with Gasteiger partial charge >= 0.3 is 12.0 Å². The van der Waals surface area contributed by atoms with E-state index < -0.39 is 12.0 Å². The topological polar surface area (TPSA) is 78.9 Å². The van der Waals surface area contributed by atoms with Crippen molar-refractivity contribution in [1.82, 2.24) is 10.2 Å². The van der Waals surface area contributed by atoms with Gasteiger partial charge in [0.25, 0.3) is 0 Å². The number of carbonyl (C=O) groups is 2. The van der Waals surface area contributed by atoms with Gasteiger partial charge in [0, 0.05) is 13.2 Å². The Bertz CT molecular complexity index is 328. The van der Waals surface area contributed by atoms with Crippen LogP contribution in [0.3, 0.4) is 0 Å². The number of carboxylic acid groups (broad SMARTS) is 1. The van der Waals surface area contributed by atoms with E-state index in [1.807, 2.05) is 6.92 Å². The number of nitrogens with zero attached hydrogens (tertiary/aromatic N) is 1. The molecular weight excluding hydrogens is 236 g/mol. The number of rotatable bonds is 3. The zero-order chi connectivity index (χ0) is 13.1. The van der Waals surface area contributed by atoms with Crippen LogP contribution in [0.1, 0.15) is 32.6 Å². The summed E-state index contributed by atoms with van der Waals surface area (Å²) in [6.07, 6.45) is 3.31. The molecule has 2 N–H and O–H groups in total. The number of hydrogen-bond donors (Lipinski definition) is 2. The lowest BCUT2D eigenvalue weighted by molar-refractivity contribution is -0.141. The molecule has 6 heteroatoms. The summed E-state index contributed by atoms with van der Waals surface area (Å²) in [5.74, 6) is -0.924. The van der Waals surface area contributed by atoms with Crippen LogP contribution in [-0.4, -0.2) is 53.3 Å². The van der Waals surface area contributed by atoms with Crippen molar-refractivity contribution in [3.05, 3.63) is 0 Å². The third-order valence-corrected chi connectivity index (χ3v) is 3.67. The molecule has 2 aliphatic heterocycles. The van der Waals surface area contributed by atoms with Crippen molar-refractivity contribution in [3.63, 3.8) is 0 Å². The van der Waals surface area contributed by atoms with Gasteiger partial charge in [0.2, 0.25) is 0 Å². The van der Waals surface area contributed by atoms with Gasteiger partial charge in [-0.1, -0.05) is 0 Å². The highest BCUT2D eigenvalue weighted by Gasteiger charge is 2.35. The molecule has 0 spiro atoms. The van der Waals surface area contributed by atoms with Crippen LogP contribution in [-0.2, 0) is 9.53 Å². The molecule has 2 amide bonds. The van der Waals surface area contributed by atoms with E-state index in [1.54, 1.807) is 0 Å². The summed E-state index contributed by atoms with van der Waals surface area (Å²) in [6, 6.07) is -1.04. The lowest BCUT2D eigenvalue weighted by Crippen LogP contribution is -2.51. The Kier molecular flexibility index (Phi) is 4.06. The number of aliphatic carboxylic acids is 1. The van der Waals surface area contributed by atoms with Crippen molar-refractivity contribution < 1.29 is 19.4 Å². The van der Waals surface area contributed by atoms with Crippen LogP contribution < -0.4 is 5.32 Å². The average molecular weight is 256 g/mol. The number of carbonyl (C=O) groups excluding carboxylic acids is 1. The zero-order valence-electron chi connectivity index (χ0n) is 10.6. The van der Waals surface area contributed by atoms with E-state index in [0.717, 1.165) is 25.9 Å². The van der Waals surface area contributed by atoms with E-state index in [2.05, 4.69) is 5.32 Å². The summed E-state index contributed by atoms with van der Waals surface area (Å²) >= 11 is 0. The lowest BCUT2D eigenvalue weighted by atomic mass is 10.1. The minimum Gasteiger partial charge on any atom is -0.480 e. The first-order chi connectivity index (χ1) is 8.59. The summed E-state index contributed by atoms with van der Waals surface area (Å²) in [5.41, 5.74) is 0. The number of ether oxygens (including phenoxy) is 1. The Morgan fingerprint density at radius 3 is 2.78 bits per heavy atom. The quantitative estimate of drug-likeness (QED) is 0.783. The van der Waals surface area contributed by atoms with Crippen LogP contribution in [0.2, 0.25) is 0 Å². The molecule has 3 atom stereocenters. The monoisotopic (exact) mass is 256 g/mol. The van der Waals surface area contributed by atoms with Crippen LogP contribution in [0.5, 0.6) is 0 Å². The van der Waals surface area contributed by atoms with Crippen molar-refractivity contribution >= 4 is 12.0 Å². The Morgan fingerprint density at radius 2 is 2.17 bits per heavy atom. The molecule has 0 saturated carbocycles. The third kappa shape index (κ3) is 2.75. The van der Waals surface area contributed by atoms with Gasteiger partial charge < -0.3 is 20.1 Å². The van der Waals surface area contributed by atoms with Crippen LogP contribution >= 0.6 is 0 Å². The molecule has 0 bridgehead atoms. The Balaban J connectivity index is 1.88. The minimum atomic E-state index is -0.924. The molecule has 0 aromatic carbocycles. The standard InChI is InChI=1S/C12H20N2O4/c1-8(10-5-3-7-18-10)13-12(17)14-6-2-4-9(14)11(15)16/h8-10H,2-7H2,1H3,(H,13,17)(H,15,16)/t8?,9-,10?/m0/s1. The Hall–Kier alpha value is -1.30. The van der Waals surface area contributed by atoms with Gasteiger partial charge in [-0.3, -0.25) is 0 Å². The first-order valence-corrected chi connectivity index (χ1v) is 6.51. The maximum atomic E-state index is 12.0. The van der Waals surface area contributed by atoms with E-state index >= 15 is 0 Å². The Labute approximate surface area is 106 Å². The van der Waals surface area contributed by atoms with E-state index in [1.165, 1.54) is 4.90 Å². The van der Waals surface area contributed by atoms with Gasteiger partial charge in [0.1, 0.15) is 6.04 Å². The molecule has 2 fully saturated rings. The number of amides is 2. The van der Waals surface area contributed by atoms with E-state index in [4.69, 9.17) is 9.84 Å². The summed E-state index contributed by atoms with van der Waals surface area (Å²) in [6.45, 7) is 3.16. The number of hydrogen-bond acceptors (Lipinski definition) is 3. The second-order valence-electron chi connectivity index (χ2n) is 4.98. The van der Waals surface area contributed by atoms with Gasteiger partial charge in [-0.05, 0) is 32.6 Å². The van der Waals surface area contributed by atoms with Crippen LogP contribution in [0, 0.1) is 0 Å². The molecule has 0 aliphatic carbocycles. The fraction of sp³-hybridized carbons (Fsp3) is 0.833. The van der Waals surface area contributed by atoms with Gasteiger partial charge in [0.05, 0.1) is 12.1 Å². The Morgan fingerprint density at radius 1 is 1.39 bits per heavy atom. The van der Waals surface area contributed by atoms with Crippen LogP contribution in [0.25, 0.3) is 0 Å². The van der Waals surface area contributed by atoms with Gasteiger partial charge in [0.15, 0.2) is 0 Å². The molecule has 18 heavy (non-hydrogen) atoms. The summed E-state index contributed by atoms with van der Waals surface area (Å²) in [5, 5.41) is 11.9. The molecule has 2 aliphatic rings. The van der Waals surface area contributed by atoms with E-state index in [9.17, 15) is 9.59 Å². The summed E-state index contributed by atoms with van der Waals surface area (Å²) in [7, 11) is 0. The van der Waals surface area contributed by atoms with Gasteiger partial charge in [-0.2, -0.15) is 0 Å². The van der Waals surface area contributed by atoms with Crippen molar-refractivity contribution in [2.24, 2.45) is 0 Å². The number of carboxylic acids is 1. The molecule has 0 aromatic rings. The first kappa shape index (κ1) is 13.1. The van der Waals surface area contributed by atoms with Crippen molar-refractivity contribution in [2.75, 3.05) is 13.2 Å². The normalized spacial score (nSPS) is 29.3. The summed E-state index contributed by atoms with van der Waals surface area (Å²) < 4.78 is 5.50. The van der Waals surface area contributed by atoms with Crippen molar-refractivity contribution in [3.8, 4) is 0 Å². The largest absolute Gasteiger partial charge is 0.480 e. The molecule has 6 nitrogen and oxygen atoms in total. The second kappa shape index (κ2) is 5.56. The highest BCUT2D eigenvalue weighted by Crippen LogP contribution is 2.19. The van der Waals surface area contributed by atoms with Crippen LogP contribution in [0.4, 0.5) is 4.79 Å². The maximum absolute atomic E-state index is 12.0. The molecule has 2 heterocycles. The predicted molar refractivity (Wildman–Crippen MR) is 64.3 cm³/mol. The van der Waals surface area contributed by atoms with Gasteiger partial charge in [-0.15, -0.1) is 0 Å². The molecule has 2 rings (SSSR count). The smallest absolute Gasteiger partial charge is 0.326 e. The minimum absolute atomic E-state index is 0.0554. The molecule has 102 valence electrons. The second-order valence-corrected chi connectivity index (χ2v) is 4.98. The van der Waals surface area contributed by atoms with Gasteiger partial charge in [-0.25, -0.2) is 9.59 Å². The molecule has 2 unspecified atom stereocenters. The average Bonchev–Trinajstić information content (AvgIpc) is 3.00. The zero-order valence-corrected chi connectivity index (χ0v) is 10.6. The molecule has 0 radical (unpaired) electrons. The van der Waals surface area contributed by atoms with Crippen molar-refractivity contribution in [1.29, 1.82) is 0 Å². The highest BCUT2D eigenvalue weighted by atomic mass is 16.5. The molecule has 2 saturated heterocycles.